The molecule has 1 aromatic rings. The van der Waals surface area contributed by atoms with Crippen LogP contribution >= 0.6 is 0 Å². The van der Waals surface area contributed by atoms with Crippen LogP contribution < -0.4 is 5.32 Å². The number of para-hydroxylation sites is 1. The number of phenolic OH excluding ortho intramolecular Hbond substituents is 1. The quantitative estimate of drug-likeness (QED) is 0.825. The molecule has 2 rings (SSSR count). The van der Waals surface area contributed by atoms with Crippen molar-refractivity contribution in [3.63, 3.8) is 0 Å². The van der Waals surface area contributed by atoms with E-state index in [1.807, 2.05) is 13.1 Å². The van der Waals surface area contributed by atoms with Crippen LogP contribution in [0.4, 0.5) is 0 Å². The maximum absolute atomic E-state index is 12.2. The van der Waals surface area contributed by atoms with Crippen LogP contribution in [0.5, 0.6) is 5.75 Å². The number of nitrogens with one attached hydrogen (secondary N) is 1. The first-order valence-electron chi connectivity index (χ1n) is 6.51. The number of aromatic hydroxyl groups is 1. The lowest BCUT2D eigenvalue weighted by Crippen LogP contribution is -2.49. The van der Waals surface area contributed by atoms with Gasteiger partial charge in [-0.25, -0.2) is 0 Å². The number of amides is 1. The lowest BCUT2D eigenvalue weighted by molar-refractivity contribution is -0.137. The molecule has 104 valence electrons. The molecule has 5 nitrogen and oxygen atoms in total. The Hall–Kier alpha value is -1.59. The van der Waals surface area contributed by atoms with E-state index in [0.717, 1.165) is 6.54 Å². The summed E-state index contributed by atoms with van der Waals surface area (Å²) in [7, 11) is 1.87. The summed E-state index contributed by atoms with van der Waals surface area (Å²) < 4.78 is 5.57. The van der Waals surface area contributed by atoms with Crippen LogP contribution in [0.25, 0.3) is 0 Å². The molecule has 0 aromatic heterocycles. The third-order valence-corrected chi connectivity index (χ3v) is 3.26. The monoisotopic (exact) mass is 264 g/mol. The summed E-state index contributed by atoms with van der Waals surface area (Å²) in [6.07, 6.45) is 0.283. The van der Waals surface area contributed by atoms with Gasteiger partial charge in [-0.1, -0.05) is 18.2 Å². The SMILES string of the molecule is CNCC1CN(C(=O)Cc2ccccc2O)CCO1. The third kappa shape index (κ3) is 3.68. The Bertz CT molecular complexity index is 434. The Kier molecular flexibility index (Phi) is 4.76. The van der Waals surface area contributed by atoms with Crippen molar-refractivity contribution in [3.8, 4) is 5.75 Å². The maximum Gasteiger partial charge on any atom is 0.227 e. The Morgan fingerprint density at radius 3 is 3.05 bits per heavy atom. The zero-order valence-electron chi connectivity index (χ0n) is 11.1. The minimum atomic E-state index is 0.0332. The second-order valence-corrected chi connectivity index (χ2v) is 4.70. The number of likely N-dealkylation sites (N-methyl/N-ethyl adjacent to an activating group) is 1. The average Bonchev–Trinajstić information content (AvgIpc) is 2.42. The van der Waals surface area contributed by atoms with E-state index in [4.69, 9.17) is 4.74 Å². The van der Waals surface area contributed by atoms with E-state index < -0.39 is 0 Å². The molecule has 1 aliphatic rings. The van der Waals surface area contributed by atoms with Crippen molar-refractivity contribution in [1.29, 1.82) is 0 Å². The summed E-state index contributed by atoms with van der Waals surface area (Å²) in [6.45, 7) is 2.53. The molecule has 1 heterocycles. The molecule has 1 saturated heterocycles. The van der Waals surface area contributed by atoms with Gasteiger partial charge in [0.05, 0.1) is 19.1 Å². The van der Waals surface area contributed by atoms with Gasteiger partial charge in [0, 0.05) is 25.2 Å². The molecule has 0 radical (unpaired) electrons. The van der Waals surface area contributed by atoms with Gasteiger partial charge in [0.2, 0.25) is 5.91 Å². The molecule has 19 heavy (non-hydrogen) atoms. The molecule has 1 unspecified atom stereocenters. The van der Waals surface area contributed by atoms with E-state index in [-0.39, 0.29) is 24.2 Å². The summed E-state index contributed by atoms with van der Waals surface area (Å²) in [4.78, 5) is 14.0. The number of hydrogen-bond acceptors (Lipinski definition) is 4. The third-order valence-electron chi connectivity index (χ3n) is 3.26. The summed E-state index contributed by atoms with van der Waals surface area (Å²) in [5, 5.41) is 12.7. The van der Waals surface area contributed by atoms with E-state index in [2.05, 4.69) is 5.32 Å². The molecule has 5 heteroatoms. The highest BCUT2D eigenvalue weighted by Gasteiger charge is 2.24. The van der Waals surface area contributed by atoms with Crippen LogP contribution in [0, 0.1) is 0 Å². The van der Waals surface area contributed by atoms with Gasteiger partial charge in [-0.3, -0.25) is 4.79 Å². The van der Waals surface area contributed by atoms with Gasteiger partial charge < -0.3 is 20.1 Å². The van der Waals surface area contributed by atoms with Crippen molar-refractivity contribution < 1.29 is 14.6 Å². The van der Waals surface area contributed by atoms with Gasteiger partial charge in [-0.05, 0) is 13.1 Å². The van der Waals surface area contributed by atoms with Crippen LogP contribution in [0.2, 0.25) is 0 Å². The number of morpholine rings is 1. The van der Waals surface area contributed by atoms with Crippen LogP contribution in [0.15, 0.2) is 24.3 Å². The van der Waals surface area contributed by atoms with Gasteiger partial charge in [0.25, 0.3) is 0 Å². The van der Waals surface area contributed by atoms with Gasteiger partial charge in [0.15, 0.2) is 0 Å². The number of carbonyl (C=O) groups excluding carboxylic acids is 1. The largest absolute Gasteiger partial charge is 0.508 e. The van der Waals surface area contributed by atoms with Gasteiger partial charge in [-0.2, -0.15) is 0 Å². The number of carbonyl (C=O) groups is 1. The normalized spacial score (nSPS) is 19.4. The summed E-state index contributed by atoms with van der Waals surface area (Å²) in [5.74, 6) is 0.210. The van der Waals surface area contributed by atoms with Crippen molar-refractivity contribution >= 4 is 5.91 Å². The summed E-state index contributed by atoms with van der Waals surface area (Å²) >= 11 is 0. The first kappa shape index (κ1) is 13.8. The second kappa shape index (κ2) is 6.54. The Morgan fingerprint density at radius 1 is 1.53 bits per heavy atom. The fourth-order valence-corrected chi connectivity index (χ4v) is 2.23. The van der Waals surface area contributed by atoms with E-state index in [0.29, 0.717) is 25.3 Å². The van der Waals surface area contributed by atoms with Crippen molar-refractivity contribution in [2.24, 2.45) is 0 Å². The standard InChI is InChI=1S/C14H20N2O3/c1-15-9-12-10-16(6-7-19-12)14(18)8-11-4-2-3-5-13(11)17/h2-5,12,15,17H,6-10H2,1H3. The minimum Gasteiger partial charge on any atom is -0.508 e. The van der Waals surface area contributed by atoms with E-state index in [1.165, 1.54) is 0 Å². The molecule has 0 spiro atoms. The first-order valence-corrected chi connectivity index (χ1v) is 6.51. The Balaban J connectivity index is 1.94. The van der Waals surface area contributed by atoms with Gasteiger partial charge in [0.1, 0.15) is 5.75 Å². The lowest BCUT2D eigenvalue weighted by atomic mass is 10.1. The molecule has 1 fully saturated rings. The predicted molar refractivity (Wildman–Crippen MR) is 72.1 cm³/mol. The molecule has 0 bridgehead atoms. The highest BCUT2D eigenvalue weighted by Crippen LogP contribution is 2.17. The fourth-order valence-electron chi connectivity index (χ4n) is 2.23. The maximum atomic E-state index is 12.2. The zero-order valence-corrected chi connectivity index (χ0v) is 11.1. The molecule has 0 saturated carbocycles. The number of benzene rings is 1. The van der Waals surface area contributed by atoms with Crippen molar-refractivity contribution in [3.05, 3.63) is 29.8 Å². The van der Waals surface area contributed by atoms with Crippen molar-refractivity contribution in [1.82, 2.24) is 10.2 Å². The second-order valence-electron chi connectivity index (χ2n) is 4.70. The van der Waals surface area contributed by atoms with Crippen LogP contribution in [0.3, 0.4) is 0 Å². The van der Waals surface area contributed by atoms with Crippen LogP contribution in [0.1, 0.15) is 5.56 Å². The number of phenols is 1. The average molecular weight is 264 g/mol. The molecule has 1 amide bonds. The van der Waals surface area contributed by atoms with E-state index in [1.54, 1.807) is 23.1 Å². The van der Waals surface area contributed by atoms with E-state index in [9.17, 15) is 9.90 Å². The number of hydrogen-bond donors (Lipinski definition) is 2. The highest BCUT2D eigenvalue weighted by molar-refractivity contribution is 5.79. The molecule has 2 N–H and O–H groups in total. The highest BCUT2D eigenvalue weighted by atomic mass is 16.5. The first-order chi connectivity index (χ1) is 9.20. The number of ether oxygens (including phenoxy) is 1. The van der Waals surface area contributed by atoms with Gasteiger partial charge in [-0.15, -0.1) is 0 Å². The van der Waals surface area contributed by atoms with Gasteiger partial charge >= 0.3 is 0 Å². The molecule has 1 atom stereocenters. The predicted octanol–water partition coefficient (Wildman–Crippen LogP) is 0.381. The smallest absolute Gasteiger partial charge is 0.227 e. The molecular weight excluding hydrogens is 244 g/mol. The van der Waals surface area contributed by atoms with Crippen LogP contribution in [-0.4, -0.2) is 55.3 Å². The summed E-state index contributed by atoms with van der Waals surface area (Å²) in [6, 6.07) is 6.96. The number of rotatable bonds is 4. The molecule has 1 aliphatic heterocycles. The van der Waals surface area contributed by atoms with E-state index >= 15 is 0 Å². The Labute approximate surface area is 113 Å². The summed E-state index contributed by atoms with van der Waals surface area (Å²) in [5.41, 5.74) is 0.671. The molecular formula is C14H20N2O3. The lowest BCUT2D eigenvalue weighted by Gasteiger charge is -2.33. The molecule has 1 aromatic carbocycles. The minimum absolute atomic E-state index is 0.0332. The molecule has 0 aliphatic carbocycles. The van der Waals surface area contributed by atoms with Crippen molar-refractivity contribution in [2.45, 2.75) is 12.5 Å². The Morgan fingerprint density at radius 2 is 2.32 bits per heavy atom. The van der Waals surface area contributed by atoms with Crippen LogP contribution in [-0.2, 0) is 16.0 Å². The fraction of sp³-hybridized carbons (Fsp3) is 0.500. The van der Waals surface area contributed by atoms with Crippen molar-refractivity contribution in [2.75, 3.05) is 33.3 Å². The zero-order chi connectivity index (χ0) is 13.7. The number of nitrogens with zero attached hydrogens (tertiary/aromatic N) is 1. The topological polar surface area (TPSA) is 61.8 Å².